The van der Waals surface area contributed by atoms with Gasteiger partial charge in [0.15, 0.2) is 0 Å². The van der Waals surface area contributed by atoms with Crippen molar-refractivity contribution < 1.29 is 9.59 Å². The molecule has 0 unspecified atom stereocenters. The van der Waals surface area contributed by atoms with Gasteiger partial charge in [0.2, 0.25) is 11.8 Å². The first-order valence-electron chi connectivity index (χ1n) is 10.8. The second-order valence-corrected chi connectivity index (χ2v) is 8.14. The Morgan fingerprint density at radius 1 is 0.967 bits per heavy atom. The Morgan fingerprint density at radius 2 is 1.67 bits per heavy atom. The molecule has 0 spiro atoms. The minimum Gasteiger partial charge on any atom is -0.356 e. The van der Waals surface area contributed by atoms with Gasteiger partial charge in [0.1, 0.15) is 0 Å². The number of rotatable bonds is 8. The minimum absolute atomic E-state index is 0.0899. The van der Waals surface area contributed by atoms with E-state index in [4.69, 9.17) is 0 Å². The second kappa shape index (κ2) is 10.6. The van der Waals surface area contributed by atoms with Gasteiger partial charge in [-0.25, -0.2) is 0 Å². The van der Waals surface area contributed by atoms with Gasteiger partial charge in [-0.15, -0.1) is 0 Å². The van der Waals surface area contributed by atoms with Crippen LogP contribution in [-0.2, 0) is 16.1 Å². The maximum absolute atomic E-state index is 13.1. The smallest absolute Gasteiger partial charge is 0.227 e. The summed E-state index contributed by atoms with van der Waals surface area (Å²) in [6, 6.07) is 15.8. The third-order valence-electron chi connectivity index (χ3n) is 5.26. The molecule has 30 heavy (non-hydrogen) atoms. The molecule has 4 nitrogen and oxygen atoms in total. The fourth-order valence-corrected chi connectivity index (χ4v) is 3.48. The van der Waals surface area contributed by atoms with Crippen molar-refractivity contribution in [3.05, 3.63) is 65.2 Å². The molecule has 0 bridgehead atoms. The summed E-state index contributed by atoms with van der Waals surface area (Å²) in [6.07, 6.45) is 3.47. The molecule has 1 N–H and O–H groups in total. The summed E-state index contributed by atoms with van der Waals surface area (Å²) in [6.45, 7) is 5.37. The summed E-state index contributed by atoms with van der Waals surface area (Å²) in [5.41, 5.74) is 3.77. The highest BCUT2D eigenvalue weighted by Gasteiger charge is 2.20. The Hall–Kier alpha value is -3.06. The summed E-state index contributed by atoms with van der Waals surface area (Å²) >= 11 is 0. The predicted molar refractivity (Wildman–Crippen MR) is 121 cm³/mol. The first kappa shape index (κ1) is 21.6. The van der Waals surface area contributed by atoms with E-state index in [1.807, 2.05) is 53.4 Å². The van der Waals surface area contributed by atoms with Crippen LogP contribution in [0, 0.1) is 17.8 Å². The highest BCUT2D eigenvalue weighted by atomic mass is 16.2. The van der Waals surface area contributed by atoms with Crippen molar-refractivity contribution in [2.45, 2.75) is 52.5 Å². The van der Waals surface area contributed by atoms with Crippen LogP contribution in [0.4, 0.5) is 5.69 Å². The van der Waals surface area contributed by atoms with E-state index in [0.29, 0.717) is 31.8 Å². The van der Waals surface area contributed by atoms with Crippen LogP contribution in [-0.4, -0.2) is 18.4 Å². The van der Waals surface area contributed by atoms with E-state index in [9.17, 15) is 9.59 Å². The number of nitrogens with one attached hydrogen (secondary N) is 1. The Balaban J connectivity index is 1.59. The molecule has 1 aliphatic heterocycles. The Bertz CT molecular complexity index is 953. The van der Waals surface area contributed by atoms with Gasteiger partial charge in [0, 0.05) is 30.5 Å². The van der Waals surface area contributed by atoms with Gasteiger partial charge in [-0.2, -0.15) is 0 Å². The number of carbonyl (C=O) groups excluding carboxylic acids is 2. The molecule has 0 saturated heterocycles. The lowest BCUT2D eigenvalue weighted by Crippen LogP contribution is -2.32. The second-order valence-electron chi connectivity index (χ2n) is 8.14. The summed E-state index contributed by atoms with van der Waals surface area (Å²) in [7, 11) is 0. The number of benzene rings is 2. The van der Waals surface area contributed by atoms with E-state index in [0.717, 1.165) is 41.6 Å². The number of para-hydroxylation sites is 1. The number of anilines is 1. The van der Waals surface area contributed by atoms with Crippen molar-refractivity contribution >= 4 is 17.5 Å². The fourth-order valence-electron chi connectivity index (χ4n) is 3.48. The van der Waals surface area contributed by atoms with Crippen LogP contribution >= 0.6 is 0 Å². The predicted octanol–water partition coefficient (Wildman–Crippen LogP) is 4.66. The van der Waals surface area contributed by atoms with Crippen molar-refractivity contribution in [1.82, 2.24) is 5.32 Å². The van der Waals surface area contributed by atoms with Crippen molar-refractivity contribution in [3.63, 3.8) is 0 Å². The van der Waals surface area contributed by atoms with E-state index >= 15 is 0 Å². The molecule has 2 amide bonds. The zero-order chi connectivity index (χ0) is 21.3. The molecule has 3 rings (SSSR count). The average molecular weight is 403 g/mol. The zero-order valence-corrected chi connectivity index (χ0v) is 17.9. The van der Waals surface area contributed by atoms with Gasteiger partial charge in [-0.05, 0) is 48.9 Å². The topological polar surface area (TPSA) is 49.4 Å². The first-order valence-corrected chi connectivity index (χ1v) is 10.8. The van der Waals surface area contributed by atoms with Crippen molar-refractivity contribution in [2.75, 3.05) is 11.4 Å². The van der Waals surface area contributed by atoms with Crippen molar-refractivity contribution in [3.8, 4) is 11.8 Å². The van der Waals surface area contributed by atoms with Gasteiger partial charge in [0.05, 0.1) is 12.2 Å². The quantitative estimate of drug-likeness (QED) is 0.516. The number of hydrogen-bond acceptors (Lipinski definition) is 2. The van der Waals surface area contributed by atoms with E-state index < -0.39 is 0 Å². The molecule has 1 aliphatic rings. The van der Waals surface area contributed by atoms with Crippen molar-refractivity contribution in [2.24, 2.45) is 5.92 Å². The summed E-state index contributed by atoms with van der Waals surface area (Å²) in [5, 5.41) is 2.96. The number of amides is 2. The van der Waals surface area contributed by atoms with Crippen LogP contribution in [0.5, 0.6) is 0 Å². The van der Waals surface area contributed by atoms with Gasteiger partial charge in [0.25, 0.3) is 0 Å². The van der Waals surface area contributed by atoms with Crippen LogP contribution in [0.25, 0.3) is 0 Å². The highest BCUT2D eigenvalue weighted by molar-refractivity contribution is 5.95. The summed E-state index contributed by atoms with van der Waals surface area (Å²) in [5.74, 6) is 7.18. The molecule has 0 radical (unpaired) electrons. The monoisotopic (exact) mass is 402 g/mol. The minimum atomic E-state index is 0.0899. The van der Waals surface area contributed by atoms with Crippen molar-refractivity contribution in [1.29, 1.82) is 0 Å². The maximum atomic E-state index is 13.1. The molecule has 0 saturated carbocycles. The third kappa shape index (κ3) is 5.97. The number of hydrogen-bond donors (Lipinski definition) is 1. The standard InChI is InChI=1S/C26H30N2O2/c1-20(2)14-17-25(29)27-18-8-7-13-26(30)28-19-23-11-4-3-9-21(23)15-16-22-10-5-6-12-24(22)28/h3-6,9-12,20H,7-8,13-14,17-19H2,1-2H3,(H,27,29). The maximum Gasteiger partial charge on any atom is 0.227 e. The number of nitrogens with zero attached hydrogens (tertiary/aromatic N) is 1. The molecule has 2 aromatic carbocycles. The number of unbranched alkanes of at least 4 members (excludes halogenated alkanes) is 1. The van der Waals surface area contributed by atoms with E-state index in [1.54, 1.807) is 0 Å². The first-order chi connectivity index (χ1) is 14.5. The Labute approximate surface area is 179 Å². The van der Waals surface area contributed by atoms with Crippen LogP contribution in [0.3, 0.4) is 0 Å². The number of carbonyl (C=O) groups is 2. The lowest BCUT2D eigenvalue weighted by atomic mass is 10.0. The lowest BCUT2D eigenvalue weighted by molar-refractivity contribution is -0.121. The molecule has 156 valence electrons. The van der Waals surface area contributed by atoms with E-state index in [1.165, 1.54) is 0 Å². The summed E-state index contributed by atoms with van der Waals surface area (Å²) in [4.78, 5) is 26.8. The van der Waals surface area contributed by atoms with Gasteiger partial charge in [-0.1, -0.05) is 56.0 Å². The highest BCUT2D eigenvalue weighted by Crippen LogP contribution is 2.26. The summed E-state index contributed by atoms with van der Waals surface area (Å²) < 4.78 is 0. The lowest BCUT2D eigenvalue weighted by Gasteiger charge is -2.26. The SMILES string of the molecule is CC(C)CCC(=O)NCCCCC(=O)N1Cc2ccccc2C#Cc2ccccc21. The number of fused-ring (bicyclic) bond motifs is 2. The zero-order valence-electron chi connectivity index (χ0n) is 17.9. The molecule has 4 heteroatoms. The van der Waals surface area contributed by atoms with Crippen LogP contribution < -0.4 is 10.2 Å². The molecule has 2 aromatic rings. The van der Waals surface area contributed by atoms with Crippen LogP contribution in [0.2, 0.25) is 0 Å². The fraction of sp³-hybridized carbons (Fsp3) is 0.385. The Kier molecular flexibility index (Phi) is 7.68. The molecule has 0 aliphatic carbocycles. The largest absolute Gasteiger partial charge is 0.356 e. The van der Waals surface area contributed by atoms with Gasteiger partial charge >= 0.3 is 0 Å². The Morgan fingerprint density at radius 3 is 2.47 bits per heavy atom. The molecule has 1 heterocycles. The molecular weight excluding hydrogens is 372 g/mol. The molecule has 0 fully saturated rings. The van der Waals surface area contributed by atoms with E-state index in [-0.39, 0.29) is 11.8 Å². The molecule has 0 atom stereocenters. The third-order valence-corrected chi connectivity index (χ3v) is 5.26. The average Bonchev–Trinajstić information content (AvgIpc) is 2.73. The van der Waals surface area contributed by atoms with Gasteiger partial charge < -0.3 is 10.2 Å². The van der Waals surface area contributed by atoms with E-state index in [2.05, 4.69) is 31.0 Å². The van der Waals surface area contributed by atoms with Crippen LogP contribution in [0.1, 0.15) is 62.6 Å². The molecular formula is C26H30N2O2. The van der Waals surface area contributed by atoms with Crippen LogP contribution in [0.15, 0.2) is 48.5 Å². The van der Waals surface area contributed by atoms with Gasteiger partial charge in [-0.3, -0.25) is 9.59 Å². The molecule has 0 aromatic heterocycles. The normalized spacial score (nSPS) is 12.2.